The van der Waals surface area contributed by atoms with Crippen molar-refractivity contribution in [1.29, 1.82) is 0 Å². The molecule has 19 heavy (non-hydrogen) atoms. The number of nitrogens with one attached hydrogen (secondary N) is 1. The summed E-state index contributed by atoms with van der Waals surface area (Å²) in [4.78, 5) is 18.0. The van der Waals surface area contributed by atoms with Crippen LogP contribution in [-0.4, -0.2) is 35.4 Å². The highest BCUT2D eigenvalue weighted by molar-refractivity contribution is 6.35. The van der Waals surface area contributed by atoms with E-state index in [4.69, 9.17) is 11.6 Å². The highest BCUT2D eigenvalue weighted by atomic mass is 35.5. The molecular weight excluding hydrogens is 262 g/mol. The fourth-order valence-electron chi connectivity index (χ4n) is 2.40. The van der Waals surface area contributed by atoms with Gasteiger partial charge in [-0.1, -0.05) is 11.6 Å². The minimum Gasteiger partial charge on any atom is -0.372 e. The summed E-state index contributed by atoms with van der Waals surface area (Å²) in [5.41, 5.74) is 1.66. The molecule has 0 saturated carbocycles. The smallest absolute Gasteiger partial charge is 0.244 e. The van der Waals surface area contributed by atoms with E-state index in [0.29, 0.717) is 5.02 Å². The maximum atomic E-state index is 11.9. The number of pyridine rings is 1. The third-order valence-corrected chi connectivity index (χ3v) is 3.80. The van der Waals surface area contributed by atoms with Crippen molar-refractivity contribution >= 4 is 34.1 Å². The second kappa shape index (κ2) is 4.70. The minimum atomic E-state index is -0.170. The van der Waals surface area contributed by atoms with Crippen LogP contribution in [0.3, 0.4) is 0 Å². The van der Waals surface area contributed by atoms with Crippen LogP contribution in [0.5, 0.6) is 0 Å². The Labute approximate surface area is 116 Å². The van der Waals surface area contributed by atoms with E-state index in [2.05, 4.69) is 10.3 Å². The molecular formula is C14H14ClN3O. The van der Waals surface area contributed by atoms with E-state index >= 15 is 0 Å². The van der Waals surface area contributed by atoms with Gasteiger partial charge in [-0.2, -0.15) is 0 Å². The number of amides is 1. The Morgan fingerprint density at radius 1 is 1.42 bits per heavy atom. The highest BCUT2D eigenvalue weighted by Gasteiger charge is 2.29. The number of likely N-dealkylation sites (N-methyl/N-ethyl adjacent to an activating group) is 1. The standard InChI is InChI=1S/C14H14ClN3O/c1-18-8-6-12(14(18)19)17-11-5-4-10(15)9-3-2-7-16-13(9)11/h2-5,7,12,17H,6,8H2,1H3. The Morgan fingerprint density at radius 3 is 3.00 bits per heavy atom. The zero-order chi connectivity index (χ0) is 13.4. The van der Waals surface area contributed by atoms with Gasteiger partial charge in [0.15, 0.2) is 0 Å². The number of carbonyl (C=O) groups is 1. The van der Waals surface area contributed by atoms with Crippen molar-refractivity contribution in [3.05, 3.63) is 35.5 Å². The van der Waals surface area contributed by atoms with Gasteiger partial charge in [-0.15, -0.1) is 0 Å². The number of hydrogen-bond donors (Lipinski definition) is 1. The summed E-state index contributed by atoms with van der Waals surface area (Å²) in [6.07, 6.45) is 2.54. The third kappa shape index (κ3) is 2.12. The van der Waals surface area contributed by atoms with Crippen molar-refractivity contribution in [1.82, 2.24) is 9.88 Å². The van der Waals surface area contributed by atoms with Crippen LogP contribution in [0, 0.1) is 0 Å². The van der Waals surface area contributed by atoms with Crippen LogP contribution in [0.1, 0.15) is 6.42 Å². The summed E-state index contributed by atoms with van der Waals surface area (Å²) in [7, 11) is 1.82. The van der Waals surface area contributed by atoms with Crippen molar-refractivity contribution in [2.24, 2.45) is 0 Å². The van der Waals surface area contributed by atoms with Gasteiger partial charge in [-0.25, -0.2) is 0 Å². The first kappa shape index (κ1) is 12.2. The van der Waals surface area contributed by atoms with Crippen LogP contribution < -0.4 is 5.32 Å². The molecule has 0 aliphatic carbocycles. The molecule has 98 valence electrons. The van der Waals surface area contributed by atoms with Crippen LogP contribution >= 0.6 is 11.6 Å². The molecule has 1 unspecified atom stereocenters. The van der Waals surface area contributed by atoms with Gasteiger partial charge in [0.25, 0.3) is 0 Å². The lowest BCUT2D eigenvalue weighted by atomic mass is 10.1. The lowest BCUT2D eigenvalue weighted by molar-refractivity contribution is -0.127. The van der Waals surface area contributed by atoms with E-state index in [1.807, 2.05) is 31.3 Å². The van der Waals surface area contributed by atoms with Gasteiger partial charge in [0, 0.05) is 25.2 Å². The average Bonchev–Trinajstić information content (AvgIpc) is 2.74. The number of anilines is 1. The molecule has 5 heteroatoms. The van der Waals surface area contributed by atoms with Crippen LogP contribution in [-0.2, 0) is 4.79 Å². The molecule has 2 aromatic rings. The minimum absolute atomic E-state index is 0.124. The SMILES string of the molecule is CN1CCC(Nc2ccc(Cl)c3cccnc23)C1=O. The molecule has 0 radical (unpaired) electrons. The van der Waals surface area contributed by atoms with Gasteiger partial charge in [-0.05, 0) is 30.7 Å². The third-order valence-electron chi connectivity index (χ3n) is 3.47. The van der Waals surface area contributed by atoms with Crippen LogP contribution in [0.15, 0.2) is 30.5 Å². The predicted octanol–water partition coefficient (Wildman–Crippen LogP) is 2.53. The quantitative estimate of drug-likeness (QED) is 0.916. The second-order valence-electron chi connectivity index (χ2n) is 4.74. The number of rotatable bonds is 2. The summed E-state index contributed by atoms with van der Waals surface area (Å²) in [5, 5.41) is 4.85. The van der Waals surface area contributed by atoms with E-state index < -0.39 is 0 Å². The van der Waals surface area contributed by atoms with Gasteiger partial charge in [0.1, 0.15) is 6.04 Å². The molecule has 1 aromatic carbocycles. The molecule has 2 heterocycles. The Kier molecular flexibility index (Phi) is 3.03. The summed E-state index contributed by atoms with van der Waals surface area (Å²) in [6.45, 7) is 0.787. The number of fused-ring (bicyclic) bond motifs is 1. The maximum Gasteiger partial charge on any atom is 0.244 e. The van der Waals surface area contributed by atoms with Gasteiger partial charge in [0.2, 0.25) is 5.91 Å². The van der Waals surface area contributed by atoms with Crippen molar-refractivity contribution < 1.29 is 4.79 Å². The Balaban J connectivity index is 1.98. The van der Waals surface area contributed by atoms with Gasteiger partial charge in [-0.3, -0.25) is 9.78 Å². The Bertz CT molecular complexity index is 644. The van der Waals surface area contributed by atoms with E-state index in [9.17, 15) is 4.79 Å². The molecule has 0 spiro atoms. The van der Waals surface area contributed by atoms with Crippen LogP contribution in [0.25, 0.3) is 10.9 Å². The Morgan fingerprint density at radius 2 is 2.26 bits per heavy atom. The lowest BCUT2D eigenvalue weighted by Crippen LogP contribution is -2.31. The first-order valence-corrected chi connectivity index (χ1v) is 6.59. The number of benzene rings is 1. The number of carbonyl (C=O) groups excluding carboxylic acids is 1. The summed E-state index contributed by atoms with van der Waals surface area (Å²) < 4.78 is 0. The molecule has 1 aliphatic rings. The molecule has 1 saturated heterocycles. The molecule has 1 N–H and O–H groups in total. The molecule has 1 aliphatic heterocycles. The first-order chi connectivity index (χ1) is 9.16. The number of likely N-dealkylation sites (tertiary alicyclic amines) is 1. The number of aromatic nitrogens is 1. The molecule has 3 rings (SSSR count). The lowest BCUT2D eigenvalue weighted by Gasteiger charge is -2.15. The van der Waals surface area contributed by atoms with Crippen molar-refractivity contribution in [2.75, 3.05) is 18.9 Å². The zero-order valence-corrected chi connectivity index (χ0v) is 11.3. The van der Waals surface area contributed by atoms with Crippen molar-refractivity contribution in [3.63, 3.8) is 0 Å². The molecule has 1 fully saturated rings. The largest absolute Gasteiger partial charge is 0.372 e. The summed E-state index contributed by atoms with van der Waals surface area (Å²) in [6, 6.07) is 7.32. The van der Waals surface area contributed by atoms with E-state index in [1.54, 1.807) is 11.1 Å². The summed E-state index contributed by atoms with van der Waals surface area (Å²) in [5.74, 6) is 0.124. The monoisotopic (exact) mass is 275 g/mol. The fourth-order valence-corrected chi connectivity index (χ4v) is 2.61. The first-order valence-electron chi connectivity index (χ1n) is 6.21. The maximum absolute atomic E-state index is 11.9. The van der Waals surface area contributed by atoms with Gasteiger partial charge >= 0.3 is 0 Å². The van der Waals surface area contributed by atoms with Gasteiger partial charge in [0.05, 0.1) is 16.2 Å². The molecule has 1 aromatic heterocycles. The van der Waals surface area contributed by atoms with Gasteiger partial charge < -0.3 is 10.2 Å². The second-order valence-corrected chi connectivity index (χ2v) is 5.15. The normalized spacial score (nSPS) is 19.2. The topological polar surface area (TPSA) is 45.2 Å². The number of nitrogens with zero attached hydrogens (tertiary/aromatic N) is 2. The van der Waals surface area contributed by atoms with Crippen LogP contribution in [0.2, 0.25) is 5.02 Å². The van der Waals surface area contributed by atoms with Crippen LogP contribution in [0.4, 0.5) is 5.69 Å². The number of halogens is 1. The molecule has 0 bridgehead atoms. The predicted molar refractivity (Wildman–Crippen MR) is 76.4 cm³/mol. The number of hydrogen-bond acceptors (Lipinski definition) is 3. The zero-order valence-electron chi connectivity index (χ0n) is 10.6. The Hall–Kier alpha value is -1.81. The average molecular weight is 276 g/mol. The molecule has 1 atom stereocenters. The van der Waals surface area contributed by atoms with E-state index in [1.165, 1.54) is 0 Å². The molecule has 4 nitrogen and oxygen atoms in total. The molecule has 1 amide bonds. The van der Waals surface area contributed by atoms with E-state index in [0.717, 1.165) is 29.6 Å². The van der Waals surface area contributed by atoms with Crippen molar-refractivity contribution in [2.45, 2.75) is 12.5 Å². The summed E-state index contributed by atoms with van der Waals surface area (Å²) >= 11 is 6.15. The highest BCUT2D eigenvalue weighted by Crippen LogP contribution is 2.29. The van der Waals surface area contributed by atoms with E-state index in [-0.39, 0.29) is 11.9 Å². The fraction of sp³-hybridized carbons (Fsp3) is 0.286. The van der Waals surface area contributed by atoms with Crippen molar-refractivity contribution in [3.8, 4) is 0 Å².